The molecule has 1 unspecified atom stereocenters. The van der Waals surface area contributed by atoms with Crippen LogP contribution in [0.4, 0.5) is 8.78 Å². The van der Waals surface area contributed by atoms with Gasteiger partial charge in [-0.25, -0.2) is 8.78 Å². The number of amides is 2. The fourth-order valence-corrected chi connectivity index (χ4v) is 6.65. The van der Waals surface area contributed by atoms with Crippen molar-refractivity contribution in [2.24, 2.45) is 0 Å². The van der Waals surface area contributed by atoms with E-state index >= 15 is 0 Å². The van der Waals surface area contributed by atoms with E-state index in [0.717, 1.165) is 4.90 Å². The van der Waals surface area contributed by atoms with Gasteiger partial charge >= 0.3 is 158 Å². The van der Waals surface area contributed by atoms with Gasteiger partial charge in [0.1, 0.15) is 0 Å². The minimum atomic E-state index is -3.09. The molecule has 9 heteroatoms. The number of hydrogen-bond acceptors (Lipinski definition) is 4. The first kappa shape index (κ1) is 21.4. The zero-order chi connectivity index (χ0) is 21.4. The zero-order valence-corrected chi connectivity index (χ0v) is 19.4. The number of nitriles is 1. The molecule has 0 aliphatic carbocycles. The van der Waals surface area contributed by atoms with Gasteiger partial charge in [-0.3, -0.25) is 0 Å². The summed E-state index contributed by atoms with van der Waals surface area (Å²) in [5.41, 5.74) is 1.07. The molecule has 152 valence electrons. The molecule has 1 aliphatic heterocycles. The summed E-state index contributed by atoms with van der Waals surface area (Å²) in [5.74, 6) is -4.28. The van der Waals surface area contributed by atoms with Crippen LogP contribution in [0.5, 0.6) is 0 Å². The van der Waals surface area contributed by atoms with Crippen LogP contribution in [0.2, 0.25) is 14.8 Å². The third-order valence-electron chi connectivity index (χ3n) is 4.99. The molecule has 1 N–H and O–H groups in total. The van der Waals surface area contributed by atoms with Crippen LogP contribution in [0.3, 0.4) is 0 Å². The van der Waals surface area contributed by atoms with Gasteiger partial charge in [0.05, 0.1) is 0 Å². The summed E-state index contributed by atoms with van der Waals surface area (Å²) in [5, 5.41) is 12.2. The molecule has 0 radical (unpaired) electrons. The van der Waals surface area contributed by atoms with Gasteiger partial charge in [0.15, 0.2) is 0 Å². The van der Waals surface area contributed by atoms with Gasteiger partial charge < -0.3 is 0 Å². The van der Waals surface area contributed by atoms with Crippen molar-refractivity contribution in [1.29, 1.82) is 5.26 Å². The van der Waals surface area contributed by atoms with E-state index in [-0.39, 0.29) is 0 Å². The molecule has 0 spiro atoms. The first-order valence-electron chi connectivity index (χ1n) is 9.26. The molecule has 1 atom stereocenters. The molecule has 3 rings (SSSR count). The first-order valence-corrected chi connectivity index (χ1v) is 19.3. The molecule has 0 saturated carbocycles. The van der Waals surface area contributed by atoms with Crippen molar-refractivity contribution in [2.75, 3.05) is 13.1 Å². The Morgan fingerprint density at radius 1 is 1.34 bits per heavy atom. The molecule has 6 nitrogen and oxygen atoms in total. The fourth-order valence-electron chi connectivity index (χ4n) is 3.36. The Labute approximate surface area is 171 Å². The van der Waals surface area contributed by atoms with Gasteiger partial charge in [-0.1, -0.05) is 0 Å². The van der Waals surface area contributed by atoms with Gasteiger partial charge in [0, 0.05) is 0 Å². The van der Waals surface area contributed by atoms with E-state index in [4.69, 9.17) is 5.26 Å². The molecular weight excluding hydrogens is 485 g/mol. The molecule has 0 bridgehead atoms. The first-order chi connectivity index (χ1) is 13.5. The van der Waals surface area contributed by atoms with Crippen molar-refractivity contribution in [3.05, 3.63) is 36.0 Å². The SMILES string of the molecule is [CH3][Sn]([CH3])([CH3])[c]1ccc2c(C(=O)NCC(=O)N3CC(F)(F)CC3C#N)ccnc2c1. The number of carbonyl (C=O) groups is 2. The Bertz CT molecular complexity index is 1010. The monoisotopic (exact) mass is 508 g/mol. The number of fused-ring (bicyclic) bond motifs is 1. The maximum absolute atomic E-state index is 13.5. The molecule has 29 heavy (non-hydrogen) atoms. The van der Waals surface area contributed by atoms with E-state index in [1.54, 1.807) is 12.1 Å². The molecule has 2 amide bonds. The van der Waals surface area contributed by atoms with E-state index in [1.807, 2.05) is 18.2 Å². The number of rotatable bonds is 4. The number of benzene rings is 1. The Kier molecular flexibility index (Phi) is 5.81. The number of nitrogens with zero attached hydrogens (tertiary/aromatic N) is 3. The van der Waals surface area contributed by atoms with E-state index in [9.17, 15) is 18.4 Å². The average Bonchev–Trinajstić information content (AvgIpc) is 2.99. The van der Waals surface area contributed by atoms with Crippen molar-refractivity contribution < 1.29 is 18.4 Å². The molecule has 2 heterocycles. The summed E-state index contributed by atoms with van der Waals surface area (Å²) in [6, 6.07) is 7.99. The van der Waals surface area contributed by atoms with Crippen LogP contribution >= 0.6 is 0 Å². The third kappa shape index (κ3) is 4.66. The number of hydrogen-bond donors (Lipinski definition) is 1. The summed E-state index contributed by atoms with van der Waals surface area (Å²) in [4.78, 5) is 36.9. The quantitative estimate of drug-likeness (QED) is 0.644. The number of alkyl halides is 2. The van der Waals surface area contributed by atoms with E-state index in [1.165, 1.54) is 9.78 Å². The van der Waals surface area contributed by atoms with Gasteiger partial charge in [-0.15, -0.1) is 0 Å². The summed E-state index contributed by atoms with van der Waals surface area (Å²) in [6.45, 7) is -1.26. The number of pyridine rings is 1. The Morgan fingerprint density at radius 2 is 2.07 bits per heavy atom. The van der Waals surface area contributed by atoms with Crippen LogP contribution in [-0.4, -0.2) is 65.1 Å². The van der Waals surface area contributed by atoms with Crippen LogP contribution in [0.1, 0.15) is 16.8 Å². The molecule has 1 aromatic carbocycles. The predicted octanol–water partition coefficient (Wildman–Crippen LogP) is 2.27. The summed E-state index contributed by atoms with van der Waals surface area (Å²) in [7, 11) is 0. The Hall–Kier alpha value is -2.28. The fraction of sp³-hybridized carbons (Fsp3) is 0.400. The van der Waals surface area contributed by atoms with E-state index in [0.29, 0.717) is 16.5 Å². The Morgan fingerprint density at radius 3 is 2.72 bits per heavy atom. The minimum absolute atomic E-state index is 0.363. The standard InChI is InChI=1S/C17H13F2N4O2.3CH3.Sn/c18-17(19)7-11(8-20)23(10-17)15(24)9-22-16(25)13-5-6-21-14-4-2-1-3-12(13)14;;;;/h1,3-6,11H,7,9-10H2,(H,22,25);3*1H3;. The van der Waals surface area contributed by atoms with E-state index in [2.05, 4.69) is 25.1 Å². The molecule has 1 saturated heterocycles. The normalized spacial score (nSPS) is 18.5. The van der Waals surface area contributed by atoms with Gasteiger partial charge in [0.25, 0.3) is 0 Å². The molecule has 1 aliphatic rings. The van der Waals surface area contributed by atoms with Crippen LogP contribution in [0, 0.1) is 11.3 Å². The van der Waals surface area contributed by atoms with Crippen molar-refractivity contribution in [1.82, 2.24) is 15.2 Å². The van der Waals surface area contributed by atoms with Crippen LogP contribution in [0.15, 0.2) is 30.5 Å². The van der Waals surface area contributed by atoms with Gasteiger partial charge in [0.2, 0.25) is 0 Å². The molecular formula is C20H22F2N4O2Sn. The summed E-state index contributed by atoms with van der Waals surface area (Å²) < 4.78 is 28.3. The average molecular weight is 507 g/mol. The van der Waals surface area contributed by atoms with Crippen molar-refractivity contribution in [2.45, 2.75) is 33.2 Å². The van der Waals surface area contributed by atoms with Crippen LogP contribution in [0.25, 0.3) is 10.9 Å². The number of carbonyl (C=O) groups excluding carboxylic acids is 2. The third-order valence-corrected chi connectivity index (χ3v) is 10.8. The summed E-state index contributed by atoms with van der Waals surface area (Å²) in [6.07, 6.45) is 0.854. The zero-order valence-electron chi connectivity index (χ0n) is 16.5. The second kappa shape index (κ2) is 7.86. The van der Waals surface area contributed by atoms with Crippen molar-refractivity contribution in [3.63, 3.8) is 0 Å². The molecule has 1 aromatic heterocycles. The van der Waals surface area contributed by atoms with Crippen molar-refractivity contribution in [3.8, 4) is 6.07 Å². The topological polar surface area (TPSA) is 86.1 Å². The van der Waals surface area contributed by atoms with Crippen molar-refractivity contribution >= 4 is 44.7 Å². The van der Waals surface area contributed by atoms with Gasteiger partial charge in [-0.05, 0) is 0 Å². The van der Waals surface area contributed by atoms with E-state index < -0.39 is 61.7 Å². The molecule has 2 aromatic rings. The predicted molar refractivity (Wildman–Crippen MR) is 108 cm³/mol. The van der Waals surface area contributed by atoms with Crippen LogP contribution < -0.4 is 8.90 Å². The molecule has 1 fully saturated rings. The summed E-state index contributed by atoms with van der Waals surface area (Å²) >= 11 is -2.29. The van der Waals surface area contributed by atoms with Gasteiger partial charge in [-0.2, -0.15) is 5.26 Å². The maximum atomic E-state index is 13.5. The second-order valence-corrected chi connectivity index (χ2v) is 22.7. The number of likely N-dealkylation sites (tertiary alicyclic amines) is 1. The number of nitrogens with one attached hydrogen (secondary N) is 1. The Balaban J connectivity index is 1.75. The van der Waals surface area contributed by atoms with Crippen LogP contribution in [-0.2, 0) is 4.79 Å². The number of halogens is 2. The second-order valence-electron chi connectivity index (χ2n) is 8.25. The number of aromatic nitrogens is 1.